The Morgan fingerprint density at radius 3 is 1.89 bits per heavy atom. The zero-order valence-electron chi connectivity index (χ0n) is 10.3. The van der Waals surface area contributed by atoms with Gasteiger partial charge in [-0.15, -0.1) is 0 Å². The number of carbonyl (C=O) groups is 2. The monoisotopic (exact) mass is 294 g/mol. The highest BCUT2D eigenvalue weighted by molar-refractivity contribution is 7.46. The minimum absolute atomic E-state index is 0.245. The van der Waals surface area contributed by atoms with Crippen LogP contribution in [0.5, 0.6) is 0 Å². The van der Waals surface area contributed by atoms with Crippen LogP contribution in [-0.2, 0) is 28.2 Å². The van der Waals surface area contributed by atoms with E-state index in [4.69, 9.17) is 9.79 Å². The van der Waals surface area contributed by atoms with E-state index in [9.17, 15) is 14.2 Å². The molecule has 0 aliphatic rings. The first-order chi connectivity index (χ1) is 8.68. The van der Waals surface area contributed by atoms with Gasteiger partial charge in [-0.1, -0.05) is 20.1 Å². The first-order valence-corrected chi connectivity index (χ1v) is 6.68. The van der Waals surface area contributed by atoms with E-state index in [0.29, 0.717) is 0 Å². The molecular formula is C10H15O8P. The lowest BCUT2D eigenvalue weighted by atomic mass is 10.3. The van der Waals surface area contributed by atoms with E-state index in [2.05, 4.69) is 27.2 Å². The molecule has 9 heteroatoms. The van der Waals surface area contributed by atoms with E-state index in [1.54, 1.807) is 6.92 Å². The van der Waals surface area contributed by atoms with Gasteiger partial charge in [0.15, 0.2) is 0 Å². The van der Waals surface area contributed by atoms with Crippen LogP contribution in [0.2, 0.25) is 0 Å². The summed E-state index contributed by atoms with van der Waals surface area (Å²) in [6, 6.07) is 0. The Morgan fingerprint density at radius 2 is 1.63 bits per heavy atom. The van der Waals surface area contributed by atoms with Crippen molar-refractivity contribution in [2.45, 2.75) is 25.7 Å². The molecule has 0 amide bonds. The highest BCUT2D eigenvalue weighted by Gasteiger charge is 2.44. The van der Waals surface area contributed by atoms with Gasteiger partial charge in [-0.3, -0.25) is 0 Å². The van der Waals surface area contributed by atoms with Crippen LogP contribution in [-0.4, -0.2) is 27.7 Å². The van der Waals surface area contributed by atoms with Crippen molar-refractivity contribution in [1.82, 2.24) is 0 Å². The number of rotatable bonds is 8. The van der Waals surface area contributed by atoms with Crippen LogP contribution in [0, 0.1) is 0 Å². The van der Waals surface area contributed by atoms with E-state index in [1.807, 2.05) is 0 Å². The number of phosphoric acid groups is 1. The number of carbonyl (C=O) groups excluding carboxylic acids is 2. The average Bonchev–Trinajstić information content (AvgIpc) is 2.26. The zero-order valence-corrected chi connectivity index (χ0v) is 11.2. The van der Waals surface area contributed by atoms with Crippen molar-refractivity contribution in [3.05, 3.63) is 25.3 Å². The second-order valence-electron chi connectivity index (χ2n) is 3.27. The number of esters is 2. The summed E-state index contributed by atoms with van der Waals surface area (Å²) in [5.74, 6) is -4.66. The van der Waals surface area contributed by atoms with Crippen LogP contribution < -0.4 is 0 Å². The maximum Gasteiger partial charge on any atom is 0.475 e. The largest absolute Gasteiger partial charge is 0.475 e. The van der Waals surface area contributed by atoms with Crippen LogP contribution in [0.15, 0.2) is 25.3 Å². The minimum atomic E-state index is -5.07. The van der Waals surface area contributed by atoms with Gasteiger partial charge in [0.25, 0.3) is 0 Å². The fourth-order valence-electron chi connectivity index (χ4n) is 1.08. The Morgan fingerprint density at radius 1 is 1.21 bits per heavy atom. The quantitative estimate of drug-likeness (QED) is 0.294. The van der Waals surface area contributed by atoms with Crippen molar-refractivity contribution in [2.24, 2.45) is 0 Å². The van der Waals surface area contributed by atoms with Crippen molar-refractivity contribution in [3.8, 4) is 0 Å². The lowest BCUT2D eigenvalue weighted by molar-refractivity contribution is -0.313. The van der Waals surface area contributed by atoms with Crippen LogP contribution in [0.4, 0.5) is 0 Å². The maximum atomic E-state index is 11.2. The summed E-state index contributed by atoms with van der Waals surface area (Å²) in [5.41, 5.74) is 0. The summed E-state index contributed by atoms with van der Waals surface area (Å²) in [6.07, 6.45) is 1.43. The van der Waals surface area contributed by atoms with Crippen molar-refractivity contribution in [2.75, 3.05) is 0 Å². The summed E-state index contributed by atoms with van der Waals surface area (Å²) in [6.45, 7) is 7.83. The molecule has 0 atom stereocenters. The Balaban J connectivity index is 5.36. The van der Waals surface area contributed by atoms with Crippen molar-refractivity contribution in [3.63, 3.8) is 0 Å². The van der Waals surface area contributed by atoms with Gasteiger partial charge in [-0.25, -0.2) is 18.7 Å². The number of ether oxygens (including phenoxy) is 2. The third-order valence-electron chi connectivity index (χ3n) is 1.66. The molecule has 2 N–H and O–H groups in total. The molecular weight excluding hydrogens is 279 g/mol. The lowest BCUT2D eigenvalue weighted by Gasteiger charge is -2.30. The SMILES string of the molecule is C=CC(=O)OC(CCC)(OC(=O)C=C)OP(=O)(O)O. The fourth-order valence-corrected chi connectivity index (χ4v) is 1.61. The summed E-state index contributed by atoms with van der Waals surface area (Å²) < 4.78 is 24.4. The standard InChI is InChI=1S/C10H15O8P/c1-4-7-10(16-8(11)5-2,17-9(12)6-3)18-19(13,14)15/h5-6H,2-4,7H2,1H3,(H2,13,14,15). The van der Waals surface area contributed by atoms with Crippen LogP contribution in [0.1, 0.15) is 19.8 Å². The molecule has 0 aromatic heterocycles. The second-order valence-corrected chi connectivity index (χ2v) is 4.43. The third kappa shape index (κ3) is 6.88. The molecule has 0 aromatic carbocycles. The van der Waals surface area contributed by atoms with Gasteiger partial charge in [0, 0.05) is 12.2 Å². The lowest BCUT2D eigenvalue weighted by Crippen LogP contribution is -2.41. The summed E-state index contributed by atoms with van der Waals surface area (Å²) in [4.78, 5) is 39.9. The third-order valence-corrected chi connectivity index (χ3v) is 2.18. The summed E-state index contributed by atoms with van der Waals surface area (Å²) in [7, 11) is -5.07. The molecule has 0 aliphatic heterocycles. The molecule has 0 radical (unpaired) electrons. The molecule has 19 heavy (non-hydrogen) atoms. The van der Waals surface area contributed by atoms with E-state index in [1.165, 1.54) is 0 Å². The Labute approximate surface area is 109 Å². The van der Waals surface area contributed by atoms with Crippen molar-refractivity contribution >= 4 is 19.8 Å². The topological polar surface area (TPSA) is 119 Å². The van der Waals surface area contributed by atoms with Gasteiger partial charge in [-0.05, 0) is 6.42 Å². The maximum absolute atomic E-state index is 11.2. The van der Waals surface area contributed by atoms with Crippen molar-refractivity contribution < 1.29 is 37.9 Å². The van der Waals surface area contributed by atoms with Crippen LogP contribution in [0.25, 0.3) is 0 Å². The van der Waals surface area contributed by atoms with Gasteiger partial charge in [0.05, 0.1) is 6.42 Å². The normalized spacial score (nSPS) is 11.5. The molecule has 0 unspecified atom stereocenters. The summed E-state index contributed by atoms with van der Waals surface area (Å²) >= 11 is 0. The molecule has 0 aromatic rings. The Kier molecular flexibility index (Phi) is 6.64. The number of phosphoric ester groups is 1. The number of hydrogen-bond acceptors (Lipinski definition) is 6. The molecule has 108 valence electrons. The first-order valence-electron chi connectivity index (χ1n) is 5.15. The van der Waals surface area contributed by atoms with Gasteiger partial charge >= 0.3 is 25.7 Å². The molecule has 0 fully saturated rings. The number of hydrogen-bond donors (Lipinski definition) is 2. The fraction of sp³-hybridized carbons (Fsp3) is 0.400. The molecule has 0 aliphatic carbocycles. The van der Waals surface area contributed by atoms with Gasteiger partial charge < -0.3 is 19.3 Å². The van der Waals surface area contributed by atoms with E-state index < -0.39 is 25.7 Å². The minimum Gasteiger partial charge on any atom is -0.394 e. The Hall–Kier alpha value is -1.47. The molecule has 0 saturated carbocycles. The first kappa shape index (κ1) is 17.5. The van der Waals surface area contributed by atoms with Gasteiger partial charge in [0.2, 0.25) is 0 Å². The summed E-state index contributed by atoms with van der Waals surface area (Å²) in [5, 5.41) is 0. The Bertz CT molecular complexity index is 388. The van der Waals surface area contributed by atoms with Gasteiger partial charge in [-0.2, -0.15) is 0 Å². The highest BCUT2D eigenvalue weighted by atomic mass is 31.2. The average molecular weight is 294 g/mol. The molecule has 8 nitrogen and oxygen atoms in total. The second kappa shape index (κ2) is 7.20. The smallest absolute Gasteiger partial charge is 0.394 e. The zero-order chi connectivity index (χ0) is 15.1. The van der Waals surface area contributed by atoms with Crippen LogP contribution in [0.3, 0.4) is 0 Å². The molecule has 0 rings (SSSR count). The molecule has 0 heterocycles. The molecule has 0 saturated heterocycles. The highest BCUT2D eigenvalue weighted by Crippen LogP contribution is 2.44. The predicted octanol–water partition coefficient (Wildman–Crippen LogP) is 1.01. The van der Waals surface area contributed by atoms with Gasteiger partial charge in [0.1, 0.15) is 0 Å². The van der Waals surface area contributed by atoms with Crippen LogP contribution >= 0.6 is 7.82 Å². The van der Waals surface area contributed by atoms with E-state index in [-0.39, 0.29) is 12.8 Å². The molecule has 0 spiro atoms. The predicted molar refractivity (Wildman–Crippen MR) is 63.3 cm³/mol. The van der Waals surface area contributed by atoms with Crippen molar-refractivity contribution in [1.29, 1.82) is 0 Å². The van der Waals surface area contributed by atoms with E-state index >= 15 is 0 Å². The van der Waals surface area contributed by atoms with E-state index in [0.717, 1.165) is 12.2 Å². The molecule has 0 bridgehead atoms.